The zero-order valence-corrected chi connectivity index (χ0v) is 12.8. The van der Waals surface area contributed by atoms with Gasteiger partial charge in [0.15, 0.2) is 0 Å². The number of nitro benzene ring substituents is 1. The third-order valence-corrected chi connectivity index (χ3v) is 4.04. The van der Waals surface area contributed by atoms with E-state index in [2.05, 4.69) is 27.8 Å². The lowest BCUT2D eigenvalue weighted by molar-refractivity contribution is -0.384. The fourth-order valence-electron chi connectivity index (χ4n) is 2.66. The first-order chi connectivity index (χ1) is 9.13. The second-order valence-electron chi connectivity index (χ2n) is 4.99. The number of anilines is 1. The topological polar surface area (TPSA) is 46.4 Å². The van der Waals surface area contributed by atoms with E-state index in [1.54, 1.807) is 6.07 Å². The van der Waals surface area contributed by atoms with Crippen LogP contribution in [0.3, 0.4) is 0 Å². The van der Waals surface area contributed by atoms with Crippen LogP contribution in [-0.2, 0) is 6.42 Å². The van der Waals surface area contributed by atoms with Gasteiger partial charge in [-0.3, -0.25) is 10.1 Å². The lowest BCUT2D eigenvalue weighted by atomic mass is 10.1. The van der Waals surface area contributed by atoms with Crippen LogP contribution in [0.25, 0.3) is 0 Å². The molecule has 0 aromatic heterocycles. The molecule has 0 bridgehead atoms. The second kappa shape index (κ2) is 6.37. The van der Waals surface area contributed by atoms with E-state index in [1.165, 1.54) is 19.3 Å². The predicted molar refractivity (Wildman–Crippen MR) is 80.9 cm³/mol. The number of unbranched alkanes of at least 4 members (excludes halogenated alkanes) is 3. The average Bonchev–Trinajstić information content (AvgIpc) is 2.76. The Labute approximate surface area is 122 Å². The summed E-state index contributed by atoms with van der Waals surface area (Å²) in [5.41, 5.74) is 2.17. The molecule has 5 heteroatoms. The third kappa shape index (κ3) is 3.26. The first kappa shape index (κ1) is 14.3. The van der Waals surface area contributed by atoms with Crippen molar-refractivity contribution in [2.45, 2.75) is 39.0 Å². The smallest absolute Gasteiger partial charge is 0.293 e. The summed E-state index contributed by atoms with van der Waals surface area (Å²) < 4.78 is 0.797. The van der Waals surface area contributed by atoms with Gasteiger partial charge in [-0.05, 0) is 24.5 Å². The Hall–Kier alpha value is -1.10. The first-order valence-electron chi connectivity index (χ1n) is 6.85. The zero-order valence-electron chi connectivity index (χ0n) is 11.2. The highest BCUT2D eigenvalue weighted by atomic mass is 79.9. The van der Waals surface area contributed by atoms with Crippen molar-refractivity contribution in [3.8, 4) is 0 Å². The van der Waals surface area contributed by atoms with Crippen LogP contribution in [-0.4, -0.2) is 18.0 Å². The van der Waals surface area contributed by atoms with Gasteiger partial charge in [0.25, 0.3) is 5.69 Å². The summed E-state index contributed by atoms with van der Waals surface area (Å²) in [5, 5.41) is 11.2. The molecule has 4 nitrogen and oxygen atoms in total. The van der Waals surface area contributed by atoms with Crippen molar-refractivity contribution < 1.29 is 4.92 Å². The zero-order chi connectivity index (χ0) is 13.8. The highest BCUT2D eigenvalue weighted by Gasteiger charge is 2.28. The van der Waals surface area contributed by atoms with Crippen LogP contribution in [0, 0.1) is 10.1 Å². The summed E-state index contributed by atoms with van der Waals surface area (Å²) >= 11 is 3.35. The summed E-state index contributed by atoms with van der Waals surface area (Å²) in [6.45, 7) is 4.02. The molecular weight excluding hydrogens is 308 g/mol. The van der Waals surface area contributed by atoms with Crippen LogP contribution in [0.2, 0.25) is 0 Å². The Morgan fingerprint density at radius 3 is 2.84 bits per heavy atom. The lowest BCUT2D eigenvalue weighted by Crippen LogP contribution is -2.22. The Bertz CT molecular complexity index is 477. The van der Waals surface area contributed by atoms with Crippen molar-refractivity contribution in [3.05, 3.63) is 32.3 Å². The molecule has 1 aromatic carbocycles. The van der Waals surface area contributed by atoms with Gasteiger partial charge in [-0.1, -0.05) is 42.1 Å². The molecule has 1 aliphatic heterocycles. The summed E-state index contributed by atoms with van der Waals surface area (Å²) in [7, 11) is 0. The molecule has 1 aromatic rings. The molecule has 0 spiro atoms. The van der Waals surface area contributed by atoms with Crippen molar-refractivity contribution in [3.63, 3.8) is 0 Å². The normalized spacial score (nSPS) is 13.7. The van der Waals surface area contributed by atoms with Crippen molar-refractivity contribution in [2.24, 2.45) is 0 Å². The number of fused-ring (bicyclic) bond motifs is 1. The van der Waals surface area contributed by atoms with Crippen molar-refractivity contribution >= 4 is 27.3 Å². The number of hydrogen-bond donors (Lipinski definition) is 0. The second-order valence-corrected chi connectivity index (χ2v) is 5.90. The van der Waals surface area contributed by atoms with Crippen molar-refractivity contribution in [1.82, 2.24) is 0 Å². The minimum atomic E-state index is -0.270. The maximum absolute atomic E-state index is 11.2. The number of benzene rings is 1. The molecular formula is C14H19BrN2O2. The standard InChI is InChI=1S/C14H19BrN2O2/c1-2-3-4-5-7-16-8-6-11-9-12(15)10-13(14(11)16)17(18)19/h9-10H,2-8H2,1H3. The predicted octanol–water partition coefficient (Wildman–Crippen LogP) is 4.30. The lowest BCUT2D eigenvalue weighted by Gasteiger charge is -2.19. The van der Waals surface area contributed by atoms with Gasteiger partial charge in [0.1, 0.15) is 5.69 Å². The molecule has 0 saturated carbocycles. The third-order valence-electron chi connectivity index (χ3n) is 3.58. The quantitative estimate of drug-likeness (QED) is 0.444. The summed E-state index contributed by atoms with van der Waals surface area (Å²) in [5.74, 6) is 0. The largest absolute Gasteiger partial charge is 0.365 e. The van der Waals surface area contributed by atoms with E-state index in [0.29, 0.717) is 0 Å². The maximum atomic E-state index is 11.2. The SMILES string of the molecule is CCCCCCN1CCc2cc(Br)cc([N+](=O)[O-])c21. The van der Waals surface area contributed by atoms with E-state index in [0.717, 1.165) is 41.7 Å². The van der Waals surface area contributed by atoms with Crippen molar-refractivity contribution in [2.75, 3.05) is 18.0 Å². The highest BCUT2D eigenvalue weighted by Crippen LogP contribution is 2.39. The number of halogens is 1. The monoisotopic (exact) mass is 326 g/mol. The van der Waals surface area contributed by atoms with E-state index in [-0.39, 0.29) is 10.6 Å². The summed E-state index contributed by atoms with van der Waals surface area (Å²) in [6.07, 6.45) is 5.67. The fourth-order valence-corrected chi connectivity index (χ4v) is 3.15. The minimum absolute atomic E-state index is 0.234. The molecule has 0 aliphatic carbocycles. The number of nitrogens with zero attached hydrogens (tertiary/aromatic N) is 2. The number of nitro groups is 1. The number of rotatable bonds is 6. The summed E-state index contributed by atoms with van der Waals surface area (Å²) in [6, 6.07) is 3.62. The molecule has 0 N–H and O–H groups in total. The van der Waals surface area contributed by atoms with Crippen LogP contribution in [0.15, 0.2) is 16.6 Å². The van der Waals surface area contributed by atoms with E-state index in [1.807, 2.05) is 6.07 Å². The molecule has 0 atom stereocenters. The van der Waals surface area contributed by atoms with Gasteiger partial charge in [-0.15, -0.1) is 0 Å². The molecule has 0 amide bonds. The van der Waals surface area contributed by atoms with Crippen LogP contribution >= 0.6 is 15.9 Å². The molecule has 1 heterocycles. The van der Waals surface area contributed by atoms with E-state index < -0.39 is 0 Å². The fraction of sp³-hybridized carbons (Fsp3) is 0.571. The van der Waals surface area contributed by atoms with E-state index in [9.17, 15) is 10.1 Å². The van der Waals surface area contributed by atoms with Crippen LogP contribution in [0.4, 0.5) is 11.4 Å². The number of hydrogen-bond acceptors (Lipinski definition) is 3. The Kier molecular flexibility index (Phi) is 4.80. The van der Waals surface area contributed by atoms with Crippen molar-refractivity contribution in [1.29, 1.82) is 0 Å². The van der Waals surface area contributed by atoms with Gasteiger partial charge < -0.3 is 4.90 Å². The van der Waals surface area contributed by atoms with Gasteiger partial charge in [0.05, 0.1) is 4.92 Å². The van der Waals surface area contributed by atoms with Gasteiger partial charge >= 0.3 is 0 Å². The average molecular weight is 327 g/mol. The molecule has 1 aliphatic rings. The first-order valence-corrected chi connectivity index (χ1v) is 7.64. The Morgan fingerprint density at radius 1 is 1.37 bits per heavy atom. The molecule has 0 fully saturated rings. The van der Waals surface area contributed by atoms with Crippen LogP contribution in [0.1, 0.15) is 38.2 Å². The van der Waals surface area contributed by atoms with Crippen LogP contribution in [0.5, 0.6) is 0 Å². The van der Waals surface area contributed by atoms with Gasteiger partial charge in [0, 0.05) is 23.6 Å². The highest BCUT2D eigenvalue weighted by molar-refractivity contribution is 9.10. The Balaban J connectivity index is 2.15. The molecule has 0 unspecified atom stereocenters. The van der Waals surface area contributed by atoms with Crippen LogP contribution < -0.4 is 4.90 Å². The van der Waals surface area contributed by atoms with E-state index in [4.69, 9.17) is 0 Å². The maximum Gasteiger partial charge on any atom is 0.293 e. The molecule has 0 radical (unpaired) electrons. The van der Waals surface area contributed by atoms with E-state index >= 15 is 0 Å². The Morgan fingerprint density at radius 2 is 2.16 bits per heavy atom. The van der Waals surface area contributed by atoms with Gasteiger partial charge in [0.2, 0.25) is 0 Å². The molecule has 2 rings (SSSR count). The summed E-state index contributed by atoms with van der Waals surface area (Å²) in [4.78, 5) is 13.1. The van der Waals surface area contributed by atoms with Gasteiger partial charge in [-0.2, -0.15) is 0 Å². The van der Waals surface area contributed by atoms with Gasteiger partial charge in [-0.25, -0.2) is 0 Å². The molecule has 0 saturated heterocycles. The molecule has 19 heavy (non-hydrogen) atoms. The minimum Gasteiger partial charge on any atom is -0.365 e. The molecule has 104 valence electrons.